The summed E-state index contributed by atoms with van der Waals surface area (Å²) in [6, 6.07) is 15.2. The van der Waals surface area contributed by atoms with Crippen LogP contribution in [-0.4, -0.2) is 24.8 Å². The fourth-order valence-corrected chi connectivity index (χ4v) is 2.16. The maximum atomic E-state index is 11.9. The first-order valence-electron chi connectivity index (χ1n) is 7.91. The van der Waals surface area contributed by atoms with Crippen molar-refractivity contribution in [1.29, 1.82) is 0 Å². The number of halogens is 1. The van der Waals surface area contributed by atoms with Crippen molar-refractivity contribution in [2.45, 2.75) is 25.9 Å². The Morgan fingerprint density at radius 2 is 1.72 bits per heavy atom. The molecule has 0 heterocycles. The van der Waals surface area contributed by atoms with E-state index in [0.29, 0.717) is 29.2 Å². The third kappa shape index (κ3) is 6.85. The summed E-state index contributed by atoms with van der Waals surface area (Å²) in [7, 11) is 0. The summed E-state index contributed by atoms with van der Waals surface area (Å²) in [6.07, 6.45) is 0.0746. The fraction of sp³-hybridized carbons (Fsp3) is 0.263. The predicted molar refractivity (Wildman–Crippen MR) is 94.0 cm³/mol. The molecule has 0 aromatic heterocycles. The minimum Gasteiger partial charge on any atom is -0.459 e. The zero-order valence-corrected chi connectivity index (χ0v) is 14.6. The van der Waals surface area contributed by atoms with Crippen molar-refractivity contribution in [3.05, 3.63) is 65.2 Å². The van der Waals surface area contributed by atoms with Gasteiger partial charge in [-0.2, -0.15) is 0 Å². The molecule has 0 aliphatic heterocycles. The Bertz CT molecular complexity index is 685. The van der Waals surface area contributed by atoms with E-state index in [-0.39, 0.29) is 12.7 Å². The van der Waals surface area contributed by atoms with Crippen LogP contribution in [0.1, 0.15) is 30.1 Å². The van der Waals surface area contributed by atoms with Crippen LogP contribution >= 0.6 is 11.6 Å². The van der Waals surface area contributed by atoms with Crippen LogP contribution in [0.25, 0.3) is 0 Å². The molecule has 0 spiro atoms. The summed E-state index contributed by atoms with van der Waals surface area (Å²) in [5, 5.41) is 0.559. The normalized spacial score (nSPS) is 11.4. The molecule has 1 unspecified atom stereocenters. The number of hydrogen-bond donors (Lipinski definition) is 0. The number of carbonyl (C=O) groups is 2. The molecule has 25 heavy (non-hydrogen) atoms. The molecule has 132 valence electrons. The summed E-state index contributed by atoms with van der Waals surface area (Å²) in [6.45, 7) is 1.98. The van der Waals surface area contributed by atoms with Gasteiger partial charge in [-0.25, -0.2) is 9.59 Å². The minimum absolute atomic E-state index is 0.189. The van der Waals surface area contributed by atoms with E-state index < -0.39 is 12.1 Å². The van der Waals surface area contributed by atoms with Gasteiger partial charge in [0.1, 0.15) is 5.75 Å². The molecular weight excluding hydrogens is 344 g/mol. The molecule has 0 radical (unpaired) electrons. The molecule has 0 saturated heterocycles. The minimum atomic E-state index is -0.753. The highest BCUT2D eigenvalue weighted by molar-refractivity contribution is 6.30. The van der Waals surface area contributed by atoms with Crippen molar-refractivity contribution < 1.29 is 23.8 Å². The quantitative estimate of drug-likeness (QED) is 0.399. The topological polar surface area (TPSA) is 61.8 Å². The molecule has 6 heteroatoms. The zero-order valence-electron chi connectivity index (χ0n) is 13.8. The Morgan fingerprint density at radius 1 is 1.04 bits per heavy atom. The van der Waals surface area contributed by atoms with Gasteiger partial charge < -0.3 is 14.2 Å². The molecule has 2 aromatic carbocycles. The first-order chi connectivity index (χ1) is 12.0. The maximum absolute atomic E-state index is 11.9. The van der Waals surface area contributed by atoms with Crippen LogP contribution in [0, 0.1) is 0 Å². The van der Waals surface area contributed by atoms with Crippen LogP contribution in [0.15, 0.2) is 54.6 Å². The summed E-state index contributed by atoms with van der Waals surface area (Å²) >= 11 is 5.78. The van der Waals surface area contributed by atoms with Crippen molar-refractivity contribution in [3.8, 4) is 5.75 Å². The molecule has 1 atom stereocenters. The fourth-order valence-electron chi connectivity index (χ4n) is 2.04. The first kappa shape index (κ1) is 18.8. The third-order valence-electron chi connectivity index (χ3n) is 3.31. The molecule has 0 fully saturated rings. The predicted octanol–water partition coefficient (Wildman–Crippen LogP) is 4.88. The standard InChI is InChI=1S/C19H19ClO5/c1-14(24-18(21)15-9-11-16(20)12-10-15)6-5-13-23-19(22)25-17-7-3-2-4-8-17/h2-4,7-12,14H,5-6,13H2,1H3. The van der Waals surface area contributed by atoms with Gasteiger partial charge >= 0.3 is 12.1 Å². The number of rotatable bonds is 7. The average molecular weight is 363 g/mol. The highest BCUT2D eigenvalue weighted by atomic mass is 35.5. The van der Waals surface area contributed by atoms with E-state index in [0.717, 1.165) is 0 Å². The number of esters is 1. The van der Waals surface area contributed by atoms with Gasteiger partial charge in [0.25, 0.3) is 0 Å². The Kier molecular flexibility index (Phi) is 7.29. The van der Waals surface area contributed by atoms with E-state index >= 15 is 0 Å². The monoisotopic (exact) mass is 362 g/mol. The Hall–Kier alpha value is -2.53. The van der Waals surface area contributed by atoms with Crippen LogP contribution in [0.2, 0.25) is 5.02 Å². The first-order valence-corrected chi connectivity index (χ1v) is 8.28. The number of ether oxygens (including phenoxy) is 3. The molecule has 2 aromatic rings. The van der Waals surface area contributed by atoms with Gasteiger partial charge in [-0.3, -0.25) is 0 Å². The number of carbonyl (C=O) groups excluding carboxylic acids is 2. The van der Waals surface area contributed by atoms with Gasteiger partial charge in [-0.1, -0.05) is 29.8 Å². The summed E-state index contributed by atoms with van der Waals surface area (Å²) < 4.78 is 15.3. The average Bonchev–Trinajstić information content (AvgIpc) is 2.60. The SMILES string of the molecule is CC(CCCOC(=O)Oc1ccccc1)OC(=O)c1ccc(Cl)cc1. The summed E-state index contributed by atoms with van der Waals surface area (Å²) in [5.41, 5.74) is 0.443. The number of para-hydroxylation sites is 1. The number of benzene rings is 2. The molecule has 0 saturated carbocycles. The molecule has 0 aliphatic carbocycles. The van der Waals surface area contributed by atoms with E-state index in [1.807, 2.05) is 6.07 Å². The van der Waals surface area contributed by atoms with E-state index in [9.17, 15) is 9.59 Å². The van der Waals surface area contributed by atoms with Gasteiger partial charge in [-0.05, 0) is 56.2 Å². The third-order valence-corrected chi connectivity index (χ3v) is 3.56. The van der Waals surface area contributed by atoms with Crippen molar-refractivity contribution in [1.82, 2.24) is 0 Å². The smallest absolute Gasteiger partial charge is 0.459 e. The molecule has 5 nitrogen and oxygen atoms in total. The second-order valence-electron chi connectivity index (χ2n) is 5.38. The van der Waals surface area contributed by atoms with Crippen LogP contribution in [0.5, 0.6) is 5.75 Å². The van der Waals surface area contributed by atoms with Crippen LogP contribution in [-0.2, 0) is 9.47 Å². The largest absolute Gasteiger partial charge is 0.513 e. The van der Waals surface area contributed by atoms with Crippen LogP contribution in [0.4, 0.5) is 4.79 Å². The number of hydrogen-bond acceptors (Lipinski definition) is 5. The summed E-state index contributed by atoms with van der Waals surface area (Å²) in [5.74, 6) is 0.0198. The van der Waals surface area contributed by atoms with Gasteiger partial charge in [0, 0.05) is 5.02 Å². The highest BCUT2D eigenvalue weighted by Gasteiger charge is 2.12. The molecule has 0 N–H and O–H groups in total. The lowest BCUT2D eigenvalue weighted by Gasteiger charge is -2.13. The molecule has 0 amide bonds. The van der Waals surface area contributed by atoms with Crippen molar-refractivity contribution in [2.75, 3.05) is 6.61 Å². The van der Waals surface area contributed by atoms with E-state index in [1.165, 1.54) is 0 Å². The second kappa shape index (κ2) is 9.69. The van der Waals surface area contributed by atoms with E-state index in [2.05, 4.69) is 0 Å². The highest BCUT2D eigenvalue weighted by Crippen LogP contribution is 2.13. The summed E-state index contributed by atoms with van der Waals surface area (Å²) in [4.78, 5) is 23.4. The van der Waals surface area contributed by atoms with Crippen molar-refractivity contribution in [2.24, 2.45) is 0 Å². The van der Waals surface area contributed by atoms with E-state index in [4.69, 9.17) is 25.8 Å². The molecular formula is C19H19ClO5. The molecule has 2 rings (SSSR count). The lowest BCUT2D eigenvalue weighted by Crippen LogP contribution is -2.17. The van der Waals surface area contributed by atoms with Gasteiger partial charge in [0.2, 0.25) is 0 Å². The lowest BCUT2D eigenvalue weighted by molar-refractivity contribution is 0.0297. The maximum Gasteiger partial charge on any atom is 0.513 e. The second-order valence-corrected chi connectivity index (χ2v) is 5.82. The van der Waals surface area contributed by atoms with Gasteiger partial charge in [0.05, 0.1) is 18.3 Å². The van der Waals surface area contributed by atoms with Gasteiger partial charge in [-0.15, -0.1) is 0 Å². The zero-order chi connectivity index (χ0) is 18.1. The van der Waals surface area contributed by atoms with Crippen LogP contribution < -0.4 is 4.74 Å². The van der Waals surface area contributed by atoms with Crippen molar-refractivity contribution in [3.63, 3.8) is 0 Å². The Balaban J connectivity index is 1.63. The Labute approximate surface area is 151 Å². The van der Waals surface area contributed by atoms with Crippen LogP contribution in [0.3, 0.4) is 0 Å². The van der Waals surface area contributed by atoms with Crippen molar-refractivity contribution >= 4 is 23.7 Å². The van der Waals surface area contributed by atoms with E-state index in [1.54, 1.807) is 55.5 Å². The lowest BCUT2D eigenvalue weighted by atomic mass is 10.2. The Morgan fingerprint density at radius 3 is 2.40 bits per heavy atom. The van der Waals surface area contributed by atoms with Gasteiger partial charge in [0.15, 0.2) is 0 Å². The molecule has 0 aliphatic rings. The molecule has 0 bridgehead atoms.